The average Bonchev–Trinajstić information content (AvgIpc) is 2.90. The standard InChI is InChI=1S/C15H13N3O2/c1-2-13-12(9-19)16-17-18(13)14-7-3-6-11-10(14)5-4-8-15(11)20/h3-9,20H,2H2,1H3. The molecule has 0 spiro atoms. The molecule has 0 saturated heterocycles. The first-order valence-electron chi connectivity index (χ1n) is 6.37. The first kappa shape index (κ1) is 12.3. The molecule has 1 aromatic heterocycles. The van der Waals surface area contributed by atoms with Gasteiger partial charge in [-0.25, -0.2) is 4.68 Å². The summed E-state index contributed by atoms with van der Waals surface area (Å²) in [6.45, 7) is 1.95. The summed E-state index contributed by atoms with van der Waals surface area (Å²) in [5.41, 5.74) is 1.91. The first-order valence-corrected chi connectivity index (χ1v) is 6.37. The zero-order chi connectivity index (χ0) is 14.1. The number of hydrogen-bond acceptors (Lipinski definition) is 4. The fourth-order valence-electron chi connectivity index (χ4n) is 2.39. The molecule has 3 aromatic rings. The zero-order valence-corrected chi connectivity index (χ0v) is 10.9. The van der Waals surface area contributed by atoms with E-state index in [-0.39, 0.29) is 5.75 Å². The van der Waals surface area contributed by atoms with Crippen LogP contribution in [0.25, 0.3) is 16.5 Å². The van der Waals surface area contributed by atoms with E-state index in [1.807, 2.05) is 31.2 Å². The Hall–Kier alpha value is -2.69. The predicted molar refractivity (Wildman–Crippen MR) is 75.3 cm³/mol. The van der Waals surface area contributed by atoms with Crippen molar-refractivity contribution in [2.45, 2.75) is 13.3 Å². The fraction of sp³-hybridized carbons (Fsp3) is 0.133. The van der Waals surface area contributed by atoms with Crippen LogP contribution in [-0.2, 0) is 6.42 Å². The van der Waals surface area contributed by atoms with Crippen molar-refractivity contribution in [2.24, 2.45) is 0 Å². The Balaban J connectivity index is 2.33. The number of carbonyl (C=O) groups is 1. The average molecular weight is 267 g/mol. The molecular formula is C15H13N3O2. The highest BCUT2D eigenvalue weighted by molar-refractivity contribution is 5.94. The van der Waals surface area contributed by atoms with Crippen LogP contribution in [0.15, 0.2) is 36.4 Å². The van der Waals surface area contributed by atoms with E-state index in [9.17, 15) is 9.90 Å². The van der Waals surface area contributed by atoms with E-state index in [0.717, 1.165) is 22.2 Å². The molecule has 2 aromatic carbocycles. The minimum absolute atomic E-state index is 0.220. The molecule has 1 heterocycles. The lowest BCUT2D eigenvalue weighted by molar-refractivity contribution is 0.111. The quantitative estimate of drug-likeness (QED) is 0.740. The lowest BCUT2D eigenvalue weighted by Crippen LogP contribution is -2.03. The van der Waals surface area contributed by atoms with Gasteiger partial charge in [-0.05, 0) is 18.6 Å². The van der Waals surface area contributed by atoms with Gasteiger partial charge in [0.2, 0.25) is 0 Å². The Morgan fingerprint density at radius 1 is 1.20 bits per heavy atom. The van der Waals surface area contributed by atoms with E-state index in [1.165, 1.54) is 0 Å². The Morgan fingerprint density at radius 3 is 2.70 bits per heavy atom. The van der Waals surface area contributed by atoms with Gasteiger partial charge in [0.1, 0.15) is 11.4 Å². The smallest absolute Gasteiger partial charge is 0.172 e. The third-order valence-corrected chi connectivity index (χ3v) is 3.34. The van der Waals surface area contributed by atoms with Crippen molar-refractivity contribution in [2.75, 3.05) is 0 Å². The van der Waals surface area contributed by atoms with Crippen LogP contribution in [0.4, 0.5) is 0 Å². The normalized spacial score (nSPS) is 10.8. The lowest BCUT2D eigenvalue weighted by Gasteiger charge is -2.09. The highest BCUT2D eigenvalue weighted by atomic mass is 16.3. The topological polar surface area (TPSA) is 68.0 Å². The van der Waals surface area contributed by atoms with Gasteiger partial charge in [0.15, 0.2) is 6.29 Å². The van der Waals surface area contributed by atoms with Gasteiger partial charge in [-0.15, -0.1) is 5.10 Å². The molecule has 5 nitrogen and oxygen atoms in total. The maximum absolute atomic E-state index is 11.0. The number of aromatic hydroxyl groups is 1. The van der Waals surface area contributed by atoms with Crippen LogP contribution < -0.4 is 0 Å². The summed E-state index contributed by atoms with van der Waals surface area (Å²) in [5, 5.41) is 19.5. The van der Waals surface area contributed by atoms with Gasteiger partial charge in [-0.2, -0.15) is 0 Å². The van der Waals surface area contributed by atoms with Crippen LogP contribution in [0.1, 0.15) is 23.1 Å². The van der Waals surface area contributed by atoms with Crippen molar-refractivity contribution in [3.05, 3.63) is 47.8 Å². The first-order chi connectivity index (χ1) is 9.76. The van der Waals surface area contributed by atoms with E-state index in [1.54, 1.807) is 16.8 Å². The predicted octanol–water partition coefficient (Wildman–Crippen LogP) is 2.50. The minimum atomic E-state index is 0.220. The summed E-state index contributed by atoms with van der Waals surface area (Å²) in [7, 11) is 0. The number of nitrogens with zero attached hydrogens (tertiary/aromatic N) is 3. The van der Waals surface area contributed by atoms with E-state index >= 15 is 0 Å². The third kappa shape index (κ3) is 1.75. The maximum Gasteiger partial charge on any atom is 0.172 e. The van der Waals surface area contributed by atoms with Crippen molar-refractivity contribution in [1.82, 2.24) is 15.0 Å². The Morgan fingerprint density at radius 2 is 1.95 bits per heavy atom. The van der Waals surface area contributed by atoms with Gasteiger partial charge in [-0.1, -0.05) is 36.4 Å². The summed E-state index contributed by atoms with van der Waals surface area (Å²) in [5.74, 6) is 0.220. The molecule has 0 radical (unpaired) electrons. The molecule has 100 valence electrons. The zero-order valence-electron chi connectivity index (χ0n) is 10.9. The number of fused-ring (bicyclic) bond motifs is 1. The van der Waals surface area contributed by atoms with Crippen molar-refractivity contribution >= 4 is 17.1 Å². The van der Waals surface area contributed by atoms with Crippen LogP contribution in [-0.4, -0.2) is 26.4 Å². The van der Waals surface area contributed by atoms with Crippen LogP contribution in [0.2, 0.25) is 0 Å². The number of rotatable bonds is 3. The number of phenols is 1. The number of carbonyl (C=O) groups excluding carboxylic acids is 1. The van der Waals surface area contributed by atoms with Gasteiger partial charge in [-0.3, -0.25) is 4.79 Å². The van der Waals surface area contributed by atoms with Gasteiger partial charge >= 0.3 is 0 Å². The maximum atomic E-state index is 11.0. The van der Waals surface area contributed by atoms with E-state index in [2.05, 4.69) is 10.3 Å². The third-order valence-electron chi connectivity index (χ3n) is 3.34. The Labute approximate surface area is 115 Å². The summed E-state index contributed by atoms with van der Waals surface area (Å²) >= 11 is 0. The van der Waals surface area contributed by atoms with Crippen molar-refractivity contribution in [3.63, 3.8) is 0 Å². The minimum Gasteiger partial charge on any atom is -0.507 e. The molecule has 3 rings (SSSR count). The Kier molecular flexibility index (Phi) is 2.95. The molecule has 0 bridgehead atoms. The number of hydrogen-bond donors (Lipinski definition) is 1. The van der Waals surface area contributed by atoms with E-state index in [4.69, 9.17) is 0 Å². The van der Waals surface area contributed by atoms with E-state index in [0.29, 0.717) is 18.4 Å². The fourth-order valence-corrected chi connectivity index (χ4v) is 2.39. The van der Waals surface area contributed by atoms with Crippen molar-refractivity contribution in [1.29, 1.82) is 0 Å². The highest BCUT2D eigenvalue weighted by Crippen LogP contribution is 2.29. The molecule has 0 aliphatic rings. The van der Waals surface area contributed by atoms with Gasteiger partial charge in [0.25, 0.3) is 0 Å². The number of aromatic nitrogens is 3. The monoisotopic (exact) mass is 267 g/mol. The van der Waals surface area contributed by atoms with Crippen LogP contribution in [0, 0.1) is 0 Å². The Bertz CT molecular complexity index is 793. The number of aldehydes is 1. The van der Waals surface area contributed by atoms with Crippen molar-refractivity contribution < 1.29 is 9.90 Å². The lowest BCUT2D eigenvalue weighted by atomic mass is 10.1. The van der Waals surface area contributed by atoms with E-state index < -0.39 is 0 Å². The van der Waals surface area contributed by atoms with Gasteiger partial charge in [0.05, 0.1) is 11.4 Å². The molecule has 20 heavy (non-hydrogen) atoms. The van der Waals surface area contributed by atoms with Crippen LogP contribution in [0.3, 0.4) is 0 Å². The van der Waals surface area contributed by atoms with Gasteiger partial charge < -0.3 is 5.11 Å². The molecule has 0 saturated carbocycles. The summed E-state index contributed by atoms with van der Waals surface area (Å²) in [6, 6.07) is 10.9. The molecule has 0 amide bonds. The molecule has 0 aliphatic carbocycles. The highest BCUT2D eigenvalue weighted by Gasteiger charge is 2.14. The molecule has 0 unspecified atom stereocenters. The van der Waals surface area contributed by atoms with Crippen molar-refractivity contribution in [3.8, 4) is 11.4 Å². The summed E-state index contributed by atoms with van der Waals surface area (Å²) in [6.07, 6.45) is 1.36. The molecule has 0 atom stereocenters. The second-order valence-corrected chi connectivity index (χ2v) is 4.45. The number of phenolic OH excluding ortho intramolecular Hbond substituents is 1. The molecule has 1 N–H and O–H groups in total. The summed E-state index contributed by atoms with van der Waals surface area (Å²) in [4.78, 5) is 11.0. The molecule has 5 heteroatoms. The SMILES string of the molecule is CCc1c(C=O)nnn1-c1cccc2c(O)cccc12. The van der Waals surface area contributed by atoms with Crippen LogP contribution in [0.5, 0.6) is 5.75 Å². The second kappa shape index (κ2) is 4.77. The molecular weight excluding hydrogens is 254 g/mol. The van der Waals surface area contributed by atoms with Crippen LogP contribution >= 0.6 is 0 Å². The summed E-state index contributed by atoms with van der Waals surface area (Å²) < 4.78 is 1.66. The second-order valence-electron chi connectivity index (χ2n) is 4.45. The largest absolute Gasteiger partial charge is 0.507 e. The number of benzene rings is 2. The molecule has 0 fully saturated rings. The van der Waals surface area contributed by atoms with Gasteiger partial charge in [0, 0.05) is 10.8 Å². The molecule has 0 aliphatic heterocycles.